The predicted octanol–water partition coefficient (Wildman–Crippen LogP) is 4.26. The average molecular weight is 279 g/mol. The van der Waals surface area contributed by atoms with E-state index in [1.807, 2.05) is 38.1 Å². The van der Waals surface area contributed by atoms with E-state index in [4.69, 9.17) is 0 Å². The smallest absolute Gasteiger partial charge is 0.161 e. The van der Waals surface area contributed by atoms with Gasteiger partial charge in [-0.15, -0.1) is 0 Å². The molecular weight excluding hydrogens is 263 g/mol. The van der Waals surface area contributed by atoms with Crippen molar-refractivity contribution in [2.45, 2.75) is 26.4 Å². The zero-order valence-corrected chi connectivity index (χ0v) is 11.4. The molecule has 0 saturated heterocycles. The fourth-order valence-electron chi connectivity index (χ4n) is 1.94. The van der Waals surface area contributed by atoms with Crippen LogP contribution in [0, 0.1) is 24.4 Å². The van der Waals surface area contributed by atoms with Gasteiger partial charge in [0, 0.05) is 24.2 Å². The number of hydrogen-bond donors (Lipinski definition) is 1. The van der Waals surface area contributed by atoms with E-state index in [0.717, 1.165) is 17.2 Å². The first-order valence-electron chi connectivity index (χ1n) is 6.40. The van der Waals surface area contributed by atoms with Gasteiger partial charge in [0.25, 0.3) is 0 Å². The molecule has 0 bridgehead atoms. The first-order chi connectivity index (χ1) is 9.47. The predicted molar refractivity (Wildman–Crippen MR) is 72.7 cm³/mol. The van der Waals surface area contributed by atoms with E-state index in [9.17, 15) is 13.2 Å². The summed E-state index contributed by atoms with van der Waals surface area (Å²) in [6.07, 6.45) is 0. The molecule has 0 unspecified atom stereocenters. The van der Waals surface area contributed by atoms with Crippen molar-refractivity contribution in [1.29, 1.82) is 0 Å². The highest BCUT2D eigenvalue weighted by molar-refractivity contribution is 5.24. The summed E-state index contributed by atoms with van der Waals surface area (Å²) in [5.74, 6) is -2.95. The molecule has 0 aliphatic rings. The number of nitrogens with one attached hydrogen (secondary N) is 1. The zero-order valence-electron chi connectivity index (χ0n) is 11.4. The summed E-state index contributed by atoms with van der Waals surface area (Å²) in [5, 5.41) is 3.09. The van der Waals surface area contributed by atoms with Crippen LogP contribution in [-0.4, -0.2) is 0 Å². The Labute approximate surface area is 116 Å². The van der Waals surface area contributed by atoms with Crippen molar-refractivity contribution >= 4 is 0 Å². The van der Waals surface area contributed by atoms with Crippen molar-refractivity contribution < 1.29 is 13.2 Å². The van der Waals surface area contributed by atoms with E-state index >= 15 is 0 Å². The van der Waals surface area contributed by atoms with Crippen LogP contribution >= 0.6 is 0 Å². The molecule has 1 atom stereocenters. The maximum absolute atomic E-state index is 13.5. The summed E-state index contributed by atoms with van der Waals surface area (Å²) >= 11 is 0. The Balaban J connectivity index is 2.05. The minimum absolute atomic E-state index is 0.0110. The third-order valence-electron chi connectivity index (χ3n) is 3.27. The van der Waals surface area contributed by atoms with Gasteiger partial charge in [0.1, 0.15) is 5.82 Å². The van der Waals surface area contributed by atoms with Gasteiger partial charge in [0.05, 0.1) is 0 Å². The Morgan fingerprint density at radius 2 is 1.55 bits per heavy atom. The van der Waals surface area contributed by atoms with E-state index in [2.05, 4.69) is 5.32 Å². The van der Waals surface area contributed by atoms with E-state index in [-0.39, 0.29) is 18.2 Å². The van der Waals surface area contributed by atoms with Crippen molar-refractivity contribution in [3.05, 3.63) is 70.5 Å². The van der Waals surface area contributed by atoms with Crippen molar-refractivity contribution in [1.82, 2.24) is 5.32 Å². The lowest BCUT2D eigenvalue weighted by atomic mass is 10.1. The van der Waals surface area contributed by atoms with Crippen molar-refractivity contribution in [2.24, 2.45) is 0 Å². The lowest BCUT2D eigenvalue weighted by Crippen LogP contribution is -2.19. The molecule has 2 aromatic rings. The number of rotatable bonds is 4. The lowest BCUT2D eigenvalue weighted by Gasteiger charge is -2.15. The largest absolute Gasteiger partial charge is 0.306 e. The molecule has 2 rings (SSSR count). The maximum atomic E-state index is 13.5. The molecule has 0 fully saturated rings. The molecule has 0 aliphatic carbocycles. The Hall–Kier alpha value is -1.81. The molecule has 0 saturated carbocycles. The van der Waals surface area contributed by atoms with Crippen molar-refractivity contribution in [2.75, 3.05) is 0 Å². The van der Waals surface area contributed by atoms with E-state index in [1.54, 1.807) is 0 Å². The van der Waals surface area contributed by atoms with Crippen LogP contribution < -0.4 is 5.32 Å². The highest BCUT2D eigenvalue weighted by atomic mass is 19.2. The van der Waals surface area contributed by atoms with Gasteiger partial charge in [-0.3, -0.25) is 0 Å². The summed E-state index contributed by atoms with van der Waals surface area (Å²) in [4.78, 5) is 0. The Kier molecular flexibility index (Phi) is 4.45. The monoisotopic (exact) mass is 279 g/mol. The van der Waals surface area contributed by atoms with E-state index in [0.29, 0.717) is 6.07 Å². The van der Waals surface area contributed by atoms with Gasteiger partial charge in [0.2, 0.25) is 0 Å². The van der Waals surface area contributed by atoms with E-state index in [1.165, 1.54) is 0 Å². The third-order valence-corrected chi connectivity index (χ3v) is 3.27. The molecule has 0 aromatic heterocycles. The Morgan fingerprint density at radius 3 is 2.20 bits per heavy atom. The fraction of sp³-hybridized carbons (Fsp3) is 0.250. The second-order valence-corrected chi connectivity index (χ2v) is 4.87. The molecule has 4 heteroatoms. The van der Waals surface area contributed by atoms with Gasteiger partial charge in [-0.25, -0.2) is 13.2 Å². The second-order valence-electron chi connectivity index (χ2n) is 4.87. The SMILES string of the molecule is Cc1ccc([C@@H](C)NCc2cc(F)c(F)cc2F)cc1. The van der Waals surface area contributed by atoms with Crippen LogP contribution in [0.3, 0.4) is 0 Å². The first kappa shape index (κ1) is 14.6. The average Bonchev–Trinajstić information content (AvgIpc) is 2.42. The summed E-state index contributed by atoms with van der Waals surface area (Å²) in [6, 6.07) is 9.39. The molecule has 0 radical (unpaired) electrons. The maximum Gasteiger partial charge on any atom is 0.161 e. The van der Waals surface area contributed by atoms with Gasteiger partial charge >= 0.3 is 0 Å². The second kappa shape index (κ2) is 6.09. The van der Waals surface area contributed by atoms with Crippen molar-refractivity contribution in [3.63, 3.8) is 0 Å². The summed E-state index contributed by atoms with van der Waals surface area (Å²) < 4.78 is 39.4. The van der Waals surface area contributed by atoms with Gasteiger partial charge in [-0.2, -0.15) is 0 Å². The van der Waals surface area contributed by atoms with Crippen LogP contribution in [0.2, 0.25) is 0 Å². The minimum atomic E-state index is -1.17. The number of benzene rings is 2. The molecule has 2 aromatic carbocycles. The molecule has 0 spiro atoms. The number of hydrogen-bond acceptors (Lipinski definition) is 1. The molecule has 1 nitrogen and oxygen atoms in total. The molecule has 106 valence electrons. The lowest BCUT2D eigenvalue weighted by molar-refractivity contribution is 0.482. The van der Waals surface area contributed by atoms with Crippen LogP contribution in [0.1, 0.15) is 29.7 Å². The van der Waals surface area contributed by atoms with Crippen LogP contribution in [0.15, 0.2) is 36.4 Å². The molecule has 0 heterocycles. The molecule has 0 amide bonds. The Morgan fingerprint density at radius 1 is 0.950 bits per heavy atom. The van der Waals surface area contributed by atoms with E-state index < -0.39 is 17.5 Å². The molecular formula is C16H16F3N. The first-order valence-corrected chi connectivity index (χ1v) is 6.40. The molecule has 1 N–H and O–H groups in total. The van der Waals surface area contributed by atoms with Gasteiger partial charge < -0.3 is 5.32 Å². The quantitative estimate of drug-likeness (QED) is 0.824. The Bertz CT molecular complexity index is 593. The minimum Gasteiger partial charge on any atom is -0.306 e. The van der Waals surface area contributed by atoms with Crippen LogP contribution in [-0.2, 0) is 6.54 Å². The van der Waals surface area contributed by atoms with Gasteiger partial charge in [0.15, 0.2) is 11.6 Å². The third kappa shape index (κ3) is 3.39. The zero-order chi connectivity index (χ0) is 14.7. The summed E-state index contributed by atoms with van der Waals surface area (Å²) in [6.45, 7) is 4.07. The summed E-state index contributed by atoms with van der Waals surface area (Å²) in [5.41, 5.74) is 2.33. The standard InChI is InChI=1S/C16H16F3N/c1-10-3-5-12(6-4-10)11(2)20-9-13-7-15(18)16(19)8-14(13)17/h3-8,11,20H,9H2,1-2H3/t11-/m1/s1. The summed E-state index contributed by atoms with van der Waals surface area (Å²) in [7, 11) is 0. The van der Waals surface area contributed by atoms with Crippen LogP contribution in [0.4, 0.5) is 13.2 Å². The van der Waals surface area contributed by atoms with Gasteiger partial charge in [-0.05, 0) is 25.5 Å². The topological polar surface area (TPSA) is 12.0 Å². The van der Waals surface area contributed by atoms with Crippen molar-refractivity contribution in [3.8, 4) is 0 Å². The highest BCUT2D eigenvalue weighted by Gasteiger charge is 2.11. The normalized spacial score (nSPS) is 12.4. The highest BCUT2D eigenvalue weighted by Crippen LogP contribution is 2.17. The van der Waals surface area contributed by atoms with Crippen LogP contribution in [0.25, 0.3) is 0 Å². The van der Waals surface area contributed by atoms with Crippen LogP contribution in [0.5, 0.6) is 0 Å². The fourth-order valence-corrected chi connectivity index (χ4v) is 1.94. The molecule has 20 heavy (non-hydrogen) atoms. The number of halogens is 3. The molecule has 0 aliphatic heterocycles. The van der Waals surface area contributed by atoms with Gasteiger partial charge in [-0.1, -0.05) is 29.8 Å². The number of aryl methyl sites for hydroxylation is 1.